The molecule has 0 unspecified atom stereocenters. The van der Waals surface area contributed by atoms with Gasteiger partial charge in [0.1, 0.15) is 11.0 Å². The van der Waals surface area contributed by atoms with Crippen molar-refractivity contribution in [3.63, 3.8) is 0 Å². The number of hydrogen-bond donors (Lipinski definition) is 1. The van der Waals surface area contributed by atoms with Crippen molar-refractivity contribution < 1.29 is 0 Å². The van der Waals surface area contributed by atoms with Crippen LogP contribution < -0.4 is 5.32 Å². The Morgan fingerprint density at radius 3 is 2.53 bits per heavy atom. The summed E-state index contributed by atoms with van der Waals surface area (Å²) in [7, 11) is 0. The smallest absolute Gasteiger partial charge is 0.115 e. The van der Waals surface area contributed by atoms with Gasteiger partial charge < -0.3 is 5.32 Å². The normalized spacial score (nSPS) is 10.8. The van der Waals surface area contributed by atoms with E-state index in [1.54, 1.807) is 4.80 Å². The van der Waals surface area contributed by atoms with Crippen molar-refractivity contribution in [2.45, 2.75) is 6.92 Å². The van der Waals surface area contributed by atoms with Crippen LogP contribution in [0.3, 0.4) is 0 Å². The summed E-state index contributed by atoms with van der Waals surface area (Å²) < 4.78 is 0. The van der Waals surface area contributed by atoms with Crippen LogP contribution in [0.4, 0.5) is 5.69 Å². The van der Waals surface area contributed by atoms with Crippen molar-refractivity contribution >= 4 is 28.3 Å². The molecule has 0 saturated heterocycles. The molecule has 0 aliphatic carbocycles. The van der Waals surface area contributed by atoms with Gasteiger partial charge >= 0.3 is 0 Å². The number of nitrogens with zero attached hydrogens (tertiary/aromatic N) is 3. The second kappa shape index (κ2) is 4.90. The van der Waals surface area contributed by atoms with Crippen LogP contribution in [0.2, 0.25) is 5.02 Å². The molecule has 5 heteroatoms. The second-order valence-corrected chi connectivity index (χ2v) is 4.64. The van der Waals surface area contributed by atoms with E-state index >= 15 is 0 Å². The Bertz CT molecular complexity index is 703. The van der Waals surface area contributed by atoms with Crippen LogP contribution in [0.25, 0.3) is 16.7 Å². The summed E-state index contributed by atoms with van der Waals surface area (Å²) >= 11 is 5.88. The summed E-state index contributed by atoms with van der Waals surface area (Å²) in [6.07, 6.45) is 0. The lowest BCUT2D eigenvalue weighted by Crippen LogP contribution is -1.97. The lowest BCUT2D eigenvalue weighted by molar-refractivity contribution is 0.766. The Kier molecular flexibility index (Phi) is 3.09. The molecule has 0 amide bonds. The van der Waals surface area contributed by atoms with E-state index in [2.05, 4.69) is 22.4 Å². The molecule has 0 aliphatic rings. The van der Waals surface area contributed by atoms with Crippen molar-refractivity contribution in [3.8, 4) is 5.69 Å². The standard InChI is InChI=1S/C14H13ClN4/c1-2-16-11-5-8-13-14(9-11)18-19(17-13)12-6-3-10(15)4-7-12/h3-9,16H,2H2,1H3. The fraction of sp³-hybridized carbons (Fsp3) is 0.143. The average molecular weight is 273 g/mol. The van der Waals surface area contributed by atoms with E-state index in [1.807, 2.05) is 42.5 Å². The third kappa shape index (κ3) is 2.39. The molecule has 0 fully saturated rings. The average Bonchev–Trinajstić information content (AvgIpc) is 2.83. The summed E-state index contributed by atoms with van der Waals surface area (Å²) in [5.74, 6) is 0. The maximum atomic E-state index is 5.88. The Morgan fingerprint density at radius 2 is 1.79 bits per heavy atom. The molecule has 19 heavy (non-hydrogen) atoms. The minimum absolute atomic E-state index is 0.704. The molecule has 2 aromatic carbocycles. The molecular weight excluding hydrogens is 260 g/mol. The maximum absolute atomic E-state index is 5.88. The number of benzene rings is 2. The molecule has 0 bridgehead atoms. The van der Waals surface area contributed by atoms with E-state index in [0.717, 1.165) is 29.0 Å². The first-order valence-electron chi connectivity index (χ1n) is 6.13. The summed E-state index contributed by atoms with van der Waals surface area (Å²) in [6, 6.07) is 13.4. The number of rotatable bonds is 3. The van der Waals surface area contributed by atoms with Crippen LogP contribution in [-0.4, -0.2) is 21.5 Å². The minimum Gasteiger partial charge on any atom is -0.385 e. The lowest BCUT2D eigenvalue weighted by Gasteiger charge is -2.00. The van der Waals surface area contributed by atoms with E-state index < -0.39 is 0 Å². The van der Waals surface area contributed by atoms with Crippen molar-refractivity contribution in [2.24, 2.45) is 0 Å². The van der Waals surface area contributed by atoms with E-state index in [0.29, 0.717) is 5.02 Å². The summed E-state index contributed by atoms with van der Waals surface area (Å²) in [6.45, 7) is 2.95. The molecular formula is C14H13ClN4. The monoisotopic (exact) mass is 272 g/mol. The van der Waals surface area contributed by atoms with Crippen LogP contribution in [0.5, 0.6) is 0 Å². The maximum Gasteiger partial charge on any atom is 0.115 e. The molecule has 0 saturated carbocycles. The molecule has 4 nitrogen and oxygen atoms in total. The molecule has 0 radical (unpaired) electrons. The summed E-state index contributed by atoms with van der Waals surface area (Å²) in [5.41, 5.74) is 3.69. The third-order valence-corrected chi connectivity index (χ3v) is 3.07. The van der Waals surface area contributed by atoms with Gasteiger partial charge in [0.25, 0.3) is 0 Å². The number of aromatic nitrogens is 3. The van der Waals surface area contributed by atoms with Gasteiger partial charge in [-0.25, -0.2) is 0 Å². The van der Waals surface area contributed by atoms with Gasteiger partial charge in [0.2, 0.25) is 0 Å². The first-order chi connectivity index (χ1) is 9.26. The fourth-order valence-corrected chi connectivity index (χ4v) is 2.04. The SMILES string of the molecule is CCNc1ccc2nn(-c3ccc(Cl)cc3)nc2c1. The van der Waals surface area contributed by atoms with Gasteiger partial charge in [-0.15, -0.1) is 10.2 Å². The molecule has 0 spiro atoms. The molecule has 0 aliphatic heterocycles. The number of fused-ring (bicyclic) bond motifs is 1. The first kappa shape index (κ1) is 12.0. The Labute approximate surface area is 116 Å². The Morgan fingerprint density at radius 1 is 1.05 bits per heavy atom. The fourth-order valence-electron chi connectivity index (χ4n) is 1.92. The van der Waals surface area contributed by atoms with E-state index in [-0.39, 0.29) is 0 Å². The van der Waals surface area contributed by atoms with Crippen LogP contribution in [0.15, 0.2) is 42.5 Å². The van der Waals surface area contributed by atoms with E-state index in [4.69, 9.17) is 11.6 Å². The largest absolute Gasteiger partial charge is 0.385 e. The third-order valence-electron chi connectivity index (χ3n) is 2.82. The number of anilines is 1. The van der Waals surface area contributed by atoms with E-state index in [1.165, 1.54) is 0 Å². The van der Waals surface area contributed by atoms with Gasteiger partial charge in [-0.05, 0) is 49.4 Å². The van der Waals surface area contributed by atoms with Crippen molar-refractivity contribution in [1.82, 2.24) is 15.0 Å². The van der Waals surface area contributed by atoms with Gasteiger partial charge in [0, 0.05) is 17.3 Å². The molecule has 1 N–H and O–H groups in total. The number of nitrogens with one attached hydrogen (secondary N) is 1. The molecule has 1 heterocycles. The zero-order chi connectivity index (χ0) is 13.2. The van der Waals surface area contributed by atoms with Gasteiger partial charge in [0.05, 0.1) is 5.69 Å². The van der Waals surface area contributed by atoms with Crippen LogP contribution in [0, 0.1) is 0 Å². The quantitative estimate of drug-likeness (QED) is 0.793. The predicted octanol–water partition coefficient (Wildman–Crippen LogP) is 3.51. The first-order valence-corrected chi connectivity index (χ1v) is 6.51. The topological polar surface area (TPSA) is 42.7 Å². The molecule has 1 aromatic heterocycles. The molecule has 0 atom stereocenters. The highest BCUT2D eigenvalue weighted by Crippen LogP contribution is 2.18. The van der Waals surface area contributed by atoms with Crippen LogP contribution in [-0.2, 0) is 0 Å². The Hall–Kier alpha value is -2.07. The zero-order valence-electron chi connectivity index (χ0n) is 10.5. The zero-order valence-corrected chi connectivity index (χ0v) is 11.2. The minimum atomic E-state index is 0.704. The van der Waals surface area contributed by atoms with Gasteiger partial charge in [0.15, 0.2) is 0 Å². The highest BCUT2D eigenvalue weighted by molar-refractivity contribution is 6.30. The Balaban J connectivity index is 2.03. The van der Waals surface area contributed by atoms with E-state index in [9.17, 15) is 0 Å². The van der Waals surface area contributed by atoms with Gasteiger partial charge in [-0.1, -0.05) is 11.6 Å². The predicted molar refractivity (Wildman–Crippen MR) is 78.0 cm³/mol. The van der Waals surface area contributed by atoms with Crippen molar-refractivity contribution in [1.29, 1.82) is 0 Å². The molecule has 3 aromatic rings. The number of halogens is 1. The van der Waals surface area contributed by atoms with Gasteiger partial charge in [-0.2, -0.15) is 4.80 Å². The highest BCUT2D eigenvalue weighted by Gasteiger charge is 2.05. The van der Waals surface area contributed by atoms with Crippen molar-refractivity contribution in [2.75, 3.05) is 11.9 Å². The van der Waals surface area contributed by atoms with Crippen molar-refractivity contribution in [3.05, 3.63) is 47.5 Å². The lowest BCUT2D eigenvalue weighted by atomic mass is 10.3. The van der Waals surface area contributed by atoms with Crippen LogP contribution >= 0.6 is 11.6 Å². The van der Waals surface area contributed by atoms with Gasteiger partial charge in [-0.3, -0.25) is 0 Å². The number of hydrogen-bond acceptors (Lipinski definition) is 3. The summed E-state index contributed by atoms with van der Waals surface area (Å²) in [4.78, 5) is 1.62. The second-order valence-electron chi connectivity index (χ2n) is 4.20. The highest BCUT2D eigenvalue weighted by atomic mass is 35.5. The van der Waals surface area contributed by atoms with Crippen LogP contribution in [0.1, 0.15) is 6.92 Å². The molecule has 96 valence electrons. The summed E-state index contributed by atoms with van der Waals surface area (Å²) in [5, 5.41) is 12.9. The molecule has 3 rings (SSSR count).